The maximum Gasteiger partial charge on any atom is 0.321 e. The van der Waals surface area contributed by atoms with Crippen molar-refractivity contribution in [2.45, 2.75) is 97.9 Å². The van der Waals surface area contributed by atoms with Gasteiger partial charge in [0.2, 0.25) is 0 Å². The summed E-state index contributed by atoms with van der Waals surface area (Å²) in [6.07, 6.45) is 7.70. The van der Waals surface area contributed by atoms with Crippen LogP contribution >= 0.6 is 0 Å². The number of carbonyl (C=O) groups is 3. The second kappa shape index (κ2) is 16.6. The summed E-state index contributed by atoms with van der Waals surface area (Å²) in [5.74, 6) is -4.52. The maximum atomic E-state index is 13.4. The lowest BCUT2D eigenvalue weighted by Crippen LogP contribution is -2.41. The molecule has 6 heteroatoms. The number of rotatable bonds is 16. The Labute approximate surface area is 228 Å². The van der Waals surface area contributed by atoms with E-state index in [2.05, 4.69) is 6.92 Å². The monoisotopic (exact) mass is 524 g/mol. The fourth-order valence-corrected chi connectivity index (χ4v) is 4.18. The van der Waals surface area contributed by atoms with Crippen LogP contribution < -0.4 is 0 Å². The highest BCUT2D eigenvalue weighted by atomic mass is 16.6. The zero-order chi connectivity index (χ0) is 27.8. The number of hydrogen-bond donors (Lipinski definition) is 0. The van der Waals surface area contributed by atoms with E-state index >= 15 is 0 Å². The van der Waals surface area contributed by atoms with Gasteiger partial charge in [0.1, 0.15) is 18.8 Å². The molecular formula is C32H44O6. The molecule has 0 saturated carbocycles. The van der Waals surface area contributed by atoms with Crippen molar-refractivity contribution in [2.75, 3.05) is 0 Å². The molecule has 0 amide bonds. The van der Waals surface area contributed by atoms with Crippen LogP contribution in [0.5, 0.6) is 0 Å². The largest absolute Gasteiger partial charge is 0.460 e. The molecule has 0 fully saturated rings. The molecule has 0 heterocycles. The molecule has 0 aliphatic carbocycles. The van der Waals surface area contributed by atoms with Gasteiger partial charge < -0.3 is 14.2 Å². The molecule has 0 aliphatic rings. The number of benzene rings is 2. The molecule has 0 aliphatic heterocycles. The molecule has 208 valence electrons. The standard InChI is InChI=1S/C32H44O6/c1-5-6-7-8-9-10-17-22-27(29(33)38-32(2,3)4)28(30(34)36-23-25-18-13-11-14-19-25)31(35)37-24-26-20-15-12-16-21-26/h11-16,18-21,27-28H,5-10,17,22-24H2,1-4H3/t27-/m1/s1. The second-order valence-electron chi connectivity index (χ2n) is 10.7. The third kappa shape index (κ3) is 11.9. The summed E-state index contributed by atoms with van der Waals surface area (Å²) in [6.45, 7) is 7.49. The van der Waals surface area contributed by atoms with Gasteiger partial charge in [-0.2, -0.15) is 0 Å². The van der Waals surface area contributed by atoms with Gasteiger partial charge in [-0.3, -0.25) is 14.4 Å². The fraction of sp³-hybridized carbons (Fsp3) is 0.531. The van der Waals surface area contributed by atoms with Crippen LogP contribution in [0.15, 0.2) is 60.7 Å². The van der Waals surface area contributed by atoms with Crippen LogP contribution in [0.4, 0.5) is 0 Å². The first kappa shape index (κ1) is 31.1. The normalized spacial score (nSPS) is 12.1. The Hall–Kier alpha value is -3.15. The SMILES string of the molecule is CCCCCCCCC[C@@H](C(=O)OC(C)(C)C)C(C(=O)OCc1ccccc1)C(=O)OCc1ccccc1. The molecule has 38 heavy (non-hydrogen) atoms. The van der Waals surface area contributed by atoms with Gasteiger partial charge in [-0.1, -0.05) is 113 Å². The summed E-state index contributed by atoms with van der Waals surface area (Å²) in [6, 6.07) is 18.5. The molecule has 6 nitrogen and oxygen atoms in total. The Morgan fingerprint density at radius 1 is 0.658 bits per heavy atom. The summed E-state index contributed by atoms with van der Waals surface area (Å²) in [7, 11) is 0. The zero-order valence-corrected chi connectivity index (χ0v) is 23.4. The summed E-state index contributed by atoms with van der Waals surface area (Å²) in [5.41, 5.74) is 0.818. The van der Waals surface area contributed by atoms with Crippen molar-refractivity contribution in [1.29, 1.82) is 0 Å². The summed E-state index contributed by atoms with van der Waals surface area (Å²) >= 11 is 0. The van der Waals surface area contributed by atoms with Crippen LogP contribution in [0.2, 0.25) is 0 Å². The van der Waals surface area contributed by atoms with Gasteiger partial charge in [-0.25, -0.2) is 0 Å². The van der Waals surface area contributed by atoms with E-state index in [0.717, 1.165) is 30.4 Å². The van der Waals surface area contributed by atoms with Gasteiger partial charge in [0, 0.05) is 0 Å². The third-order valence-electron chi connectivity index (χ3n) is 6.19. The van der Waals surface area contributed by atoms with Crippen LogP contribution in [0.1, 0.15) is 90.2 Å². The van der Waals surface area contributed by atoms with Gasteiger partial charge in [0.05, 0.1) is 5.92 Å². The number of ether oxygens (including phenoxy) is 3. The zero-order valence-electron chi connectivity index (χ0n) is 23.4. The number of esters is 3. The highest BCUT2D eigenvalue weighted by Gasteiger charge is 2.43. The van der Waals surface area contributed by atoms with Crippen molar-refractivity contribution in [3.63, 3.8) is 0 Å². The Morgan fingerprint density at radius 3 is 1.55 bits per heavy atom. The molecule has 0 radical (unpaired) electrons. The topological polar surface area (TPSA) is 78.9 Å². The number of carbonyl (C=O) groups excluding carboxylic acids is 3. The van der Waals surface area contributed by atoms with Crippen molar-refractivity contribution in [2.24, 2.45) is 11.8 Å². The van der Waals surface area contributed by atoms with E-state index < -0.39 is 35.3 Å². The molecule has 2 rings (SSSR count). The highest BCUT2D eigenvalue weighted by molar-refractivity contribution is 5.99. The van der Waals surface area contributed by atoms with E-state index in [1.54, 1.807) is 20.8 Å². The number of unbranched alkanes of at least 4 members (excludes halogenated alkanes) is 6. The van der Waals surface area contributed by atoms with E-state index in [4.69, 9.17) is 14.2 Å². The van der Waals surface area contributed by atoms with Crippen LogP contribution in [-0.4, -0.2) is 23.5 Å². The summed E-state index contributed by atoms with van der Waals surface area (Å²) in [4.78, 5) is 40.0. The lowest BCUT2D eigenvalue weighted by Gasteiger charge is -2.27. The van der Waals surface area contributed by atoms with Gasteiger partial charge in [0.25, 0.3) is 0 Å². The Morgan fingerprint density at radius 2 is 1.11 bits per heavy atom. The minimum absolute atomic E-state index is 0.000601. The lowest BCUT2D eigenvalue weighted by molar-refractivity contribution is -0.177. The first-order valence-electron chi connectivity index (χ1n) is 13.8. The minimum atomic E-state index is -1.41. The first-order valence-corrected chi connectivity index (χ1v) is 13.8. The molecule has 0 N–H and O–H groups in total. The van der Waals surface area contributed by atoms with Crippen molar-refractivity contribution < 1.29 is 28.6 Å². The Bertz CT molecular complexity index is 909. The second-order valence-corrected chi connectivity index (χ2v) is 10.7. The maximum absolute atomic E-state index is 13.4. The highest BCUT2D eigenvalue weighted by Crippen LogP contribution is 2.27. The molecule has 1 atom stereocenters. The van der Waals surface area contributed by atoms with Gasteiger partial charge in [0.15, 0.2) is 5.92 Å². The van der Waals surface area contributed by atoms with Gasteiger partial charge in [-0.05, 0) is 38.3 Å². The molecule has 0 saturated heterocycles. The van der Waals surface area contributed by atoms with E-state index in [9.17, 15) is 14.4 Å². The molecule has 0 bridgehead atoms. The molecular weight excluding hydrogens is 480 g/mol. The fourth-order valence-electron chi connectivity index (χ4n) is 4.18. The Balaban J connectivity index is 2.20. The van der Waals surface area contributed by atoms with E-state index in [-0.39, 0.29) is 13.2 Å². The molecule has 0 unspecified atom stereocenters. The molecule has 2 aromatic rings. The predicted octanol–water partition coefficient (Wildman–Crippen LogP) is 7.19. The first-order chi connectivity index (χ1) is 18.2. The number of hydrogen-bond acceptors (Lipinski definition) is 6. The van der Waals surface area contributed by atoms with Crippen molar-refractivity contribution in [3.8, 4) is 0 Å². The van der Waals surface area contributed by atoms with Crippen molar-refractivity contribution in [3.05, 3.63) is 71.8 Å². The van der Waals surface area contributed by atoms with Crippen molar-refractivity contribution >= 4 is 17.9 Å². The van der Waals surface area contributed by atoms with Crippen LogP contribution in [0.25, 0.3) is 0 Å². The molecule has 0 spiro atoms. The Kier molecular flexibility index (Phi) is 13.6. The average molecular weight is 525 g/mol. The van der Waals surface area contributed by atoms with Crippen molar-refractivity contribution in [1.82, 2.24) is 0 Å². The quantitative estimate of drug-likeness (QED) is 0.100. The van der Waals surface area contributed by atoms with Gasteiger partial charge >= 0.3 is 17.9 Å². The molecule has 2 aromatic carbocycles. The summed E-state index contributed by atoms with van der Waals surface area (Å²) < 4.78 is 16.8. The lowest BCUT2D eigenvalue weighted by atomic mass is 9.87. The van der Waals surface area contributed by atoms with Crippen LogP contribution in [0, 0.1) is 11.8 Å². The van der Waals surface area contributed by atoms with Crippen LogP contribution in [0.3, 0.4) is 0 Å². The van der Waals surface area contributed by atoms with E-state index in [1.807, 2.05) is 60.7 Å². The van der Waals surface area contributed by atoms with E-state index in [0.29, 0.717) is 12.8 Å². The van der Waals surface area contributed by atoms with E-state index in [1.165, 1.54) is 19.3 Å². The van der Waals surface area contributed by atoms with Crippen LogP contribution in [-0.2, 0) is 41.8 Å². The molecule has 0 aromatic heterocycles. The average Bonchev–Trinajstić information content (AvgIpc) is 2.89. The predicted molar refractivity (Wildman–Crippen MR) is 148 cm³/mol. The third-order valence-corrected chi connectivity index (χ3v) is 6.19. The summed E-state index contributed by atoms with van der Waals surface area (Å²) in [5, 5.41) is 0. The van der Waals surface area contributed by atoms with Gasteiger partial charge in [-0.15, -0.1) is 0 Å². The smallest absolute Gasteiger partial charge is 0.321 e. The minimum Gasteiger partial charge on any atom is -0.460 e.